The van der Waals surface area contributed by atoms with Crippen LogP contribution in [0.5, 0.6) is 0 Å². The summed E-state index contributed by atoms with van der Waals surface area (Å²) in [6.45, 7) is 3.44. The SMILES string of the molecule is COC[C@@]1(O)CC[C@H]2[C@H](CC[C@@H]3[C@@H]2CC[C@]2(C)[C@@H](C(=O)CCn4cc(C#N)cn4)CC[C@@H]32)C1. The Hall–Kier alpha value is -1.71. The maximum Gasteiger partial charge on any atom is 0.138 e. The summed E-state index contributed by atoms with van der Waals surface area (Å²) in [4.78, 5) is 13.3. The zero-order valence-electron chi connectivity index (χ0n) is 20.2. The number of carbonyl (C=O) groups is 1. The van der Waals surface area contributed by atoms with Gasteiger partial charge in [0.15, 0.2) is 0 Å². The molecule has 1 heterocycles. The molecule has 4 aliphatic rings. The van der Waals surface area contributed by atoms with Gasteiger partial charge in [-0.1, -0.05) is 6.92 Å². The van der Waals surface area contributed by atoms with Gasteiger partial charge in [-0.25, -0.2) is 0 Å². The van der Waals surface area contributed by atoms with Gasteiger partial charge in [-0.3, -0.25) is 9.48 Å². The van der Waals surface area contributed by atoms with Crippen LogP contribution in [0.2, 0.25) is 0 Å². The van der Waals surface area contributed by atoms with E-state index < -0.39 is 5.60 Å². The summed E-state index contributed by atoms with van der Waals surface area (Å²) in [7, 11) is 1.69. The lowest BCUT2D eigenvalue weighted by Gasteiger charge is -2.57. The fourth-order valence-corrected chi connectivity index (χ4v) is 8.83. The van der Waals surface area contributed by atoms with E-state index in [-0.39, 0.29) is 11.3 Å². The third-order valence-electron chi connectivity index (χ3n) is 10.3. The van der Waals surface area contributed by atoms with Crippen molar-refractivity contribution in [3.8, 4) is 6.07 Å². The van der Waals surface area contributed by atoms with Gasteiger partial charge < -0.3 is 9.84 Å². The number of nitriles is 1. The van der Waals surface area contributed by atoms with Crippen LogP contribution in [-0.4, -0.2) is 40.0 Å². The molecule has 0 spiro atoms. The highest BCUT2D eigenvalue weighted by atomic mass is 16.5. The lowest BCUT2D eigenvalue weighted by Crippen LogP contribution is -2.52. The number of hydrogen-bond acceptors (Lipinski definition) is 5. The molecule has 0 aliphatic heterocycles. The number of rotatable bonds is 6. The second-order valence-corrected chi connectivity index (χ2v) is 11.8. The first-order valence-corrected chi connectivity index (χ1v) is 13.0. The van der Waals surface area contributed by atoms with Crippen molar-refractivity contribution in [2.45, 2.75) is 83.3 Å². The lowest BCUT2D eigenvalue weighted by molar-refractivity contribution is -0.136. The van der Waals surface area contributed by atoms with Gasteiger partial charge in [0.05, 0.1) is 24.0 Å². The number of Topliss-reactive ketones (excluding diaryl/α,β-unsaturated/α-hetero) is 1. The Morgan fingerprint density at radius 2 is 2.03 bits per heavy atom. The molecular formula is C27H39N3O3. The molecule has 1 N–H and O–H groups in total. The van der Waals surface area contributed by atoms with Gasteiger partial charge in [-0.15, -0.1) is 0 Å². The van der Waals surface area contributed by atoms with Crippen molar-refractivity contribution < 1.29 is 14.6 Å². The topological polar surface area (TPSA) is 88.1 Å². The van der Waals surface area contributed by atoms with Crippen LogP contribution in [0.25, 0.3) is 0 Å². The quantitative estimate of drug-likeness (QED) is 0.691. The molecule has 4 aliphatic carbocycles. The van der Waals surface area contributed by atoms with E-state index in [0.29, 0.717) is 42.8 Å². The number of aliphatic hydroxyl groups is 1. The third kappa shape index (κ3) is 4.06. The summed E-state index contributed by atoms with van der Waals surface area (Å²) in [5, 5.41) is 24.2. The molecule has 0 saturated heterocycles. The molecule has 5 rings (SSSR count). The molecule has 0 aromatic carbocycles. The maximum atomic E-state index is 13.3. The fraction of sp³-hybridized carbons (Fsp3) is 0.815. The molecule has 4 fully saturated rings. The molecule has 1 aromatic heterocycles. The van der Waals surface area contributed by atoms with E-state index in [0.717, 1.165) is 43.4 Å². The van der Waals surface area contributed by atoms with E-state index in [1.54, 1.807) is 24.2 Å². The van der Waals surface area contributed by atoms with Crippen molar-refractivity contribution in [3.05, 3.63) is 18.0 Å². The largest absolute Gasteiger partial charge is 0.387 e. The highest BCUT2D eigenvalue weighted by molar-refractivity contribution is 5.82. The smallest absolute Gasteiger partial charge is 0.138 e. The highest BCUT2D eigenvalue weighted by Crippen LogP contribution is 2.64. The Morgan fingerprint density at radius 1 is 1.21 bits per heavy atom. The third-order valence-corrected chi connectivity index (χ3v) is 10.3. The van der Waals surface area contributed by atoms with Gasteiger partial charge >= 0.3 is 0 Å². The molecule has 4 saturated carbocycles. The molecule has 6 nitrogen and oxygen atoms in total. The van der Waals surface area contributed by atoms with Gasteiger partial charge in [0, 0.05) is 32.2 Å². The van der Waals surface area contributed by atoms with Crippen molar-refractivity contribution in [1.82, 2.24) is 9.78 Å². The number of ketones is 1. The van der Waals surface area contributed by atoms with Crippen molar-refractivity contribution in [2.24, 2.45) is 40.9 Å². The average molecular weight is 454 g/mol. The summed E-state index contributed by atoms with van der Waals surface area (Å²) in [6, 6.07) is 2.10. The first-order valence-electron chi connectivity index (χ1n) is 13.0. The van der Waals surface area contributed by atoms with Crippen molar-refractivity contribution in [2.75, 3.05) is 13.7 Å². The molecule has 0 unspecified atom stereocenters. The monoisotopic (exact) mass is 453 g/mol. The van der Waals surface area contributed by atoms with Crippen LogP contribution in [0.4, 0.5) is 0 Å². The second-order valence-electron chi connectivity index (χ2n) is 11.8. The zero-order chi connectivity index (χ0) is 23.2. The van der Waals surface area contributed by atoms with E-state index in [9.17, 15) is 9.90 Å². The van der Waals surface area contributed by atoms with Gasteiger partial charge in [-0.05, 0) is 92.8 Å². The number of nitrogens with zero attached hydrogens (tertiary/aromatic N) is 3. The number of methoxy groups -OCH3 is 1. The summed E-state index contributed by atoms with van der Waals surface area (Å²) >= 11 is 0. The Labute approximate surface area is 197 Å². The van der Waals surface area contributed by atoms with Crippen LogP contribution < -0.4 is 0 Å². The Kier molecular flexibility index (Phi) is 6.16. The second kappa shape index (κ2) is 8.82. The summed E-state index contributed by atoms with van der Waals surface area (Å²) in [6.07, 6.45) is 13.8. The number of ether oxygens (including phenoxy) is 1. The normalized spacial score (nSPS) is 42.1. The van der Waals surface area contributed by atoms with Gasteiger partial charge in [0.25, 0.3) is 0 Å². The maximum absolute atomic E-state index is 13.3. The van der Waals surface area contributed by atoms with E-state index in [2.05, 4.69) is 18.1 Å². The van der Waals surface area contributed by atoms with Gasteiger partial charge in [-0.2, -0.15) is 10.4 Å². The molecular weight excluding hydrogens is 414 g/mol. The molecule has 1 aromatic rings. The van der Waals surface area contributed by atoms with Crippen molar-refractivity contribution >= 4 is 5.78 Å². The van der Waals surface area contributed by atoms with Crippen molar-refractivity contribution in [3.63, 3.8) is 0 Å². The Balaban J connectivity index is 1.24. The predicted molar refractivity (Wildman–Crippen MR) is 124 cm³/mol. The van der Waals surface area contributed by atoms with E-state index >= 15 is 0 Å². The summed E-state index contributed by atoms with van der Waals surface area (Å²) < 4.78 is 7.06. The van der Waals surface area contributed by atoms with Crippen LogP contribution in [0.3, 0.4) is 0 Å². The van der Waals surface area contributed by atoms with Crippen LogP contribution in [0.15, 0.2) is 12.4 Å². The van der Waals surface area contributed by atoms with Crippen LogP contribution in [-0.2, 0) is 16.1 Å². The predicted octanol–water partition coefficient (Wildman–Crippen LogP) is 4.36. The Morgan fingerprint density at radius 3 is 2.79 bits per heavy atom. The summed E-state index contributed by atoms with van der Waals surface area (Å²) in [5.74, 6) is 4.14. The van der Waals surface area contributed by atoms with E-state index in [1.807, 2.05) is 0 Å². The molecule has 0 radical (unpaired) electrons. The zero-order valence-corrected chi connectivity index (χ0v) is 20.2. The number of carbonyl (C=O) groups excluding carboxylic acids is 1. The minimum atomic E-state index is -0.626. The number of aryl methyl sites for hydroxylation is 1. The first-order chi connectivity index (χ1) is 15.9. The van der Waals surface area contributed by atoms with Gasteiger partial charge in [0.2, 0.25) is 0 Å². The lowest BCUT2D eigenvalue weighted by atomic mass is 9.49. The average Bonchev–Trinajstić information content (AvgIpc) is 3.41. The molecule has 0 amide bonds. The minimum absolute atomic E-state index is 0.137. The molecule has 6 heteroatoms. The van der Waals surface area contributed by atoms with Crippen molar-refractivity contribution in [1.29, 1.82) is 5.26 Å². The van der Waals surface area contributed by atoms with Crippen LogP contribution in [0.1, 0.15) is 76.7 Å². The van der Waals surface area contributed by atoms with Gasteiger partial charge in [0.1, 0.15) is 11.9 Å². The van der Waals surface area contributed by atoms with Crippen LogP contribution >= 0.6 is 0 Å². The fourth-order valence-electron chi connectivity index (χ4n) is 8.83. The summed E-state index contributed by atoms with van der Waals surface area (Å²) in [5.41, 5.74) is 0.0605. The highest BCUT2D eigenvalue weighted by Gasteiger charge is 2.58. The minimum Gasteiger partial charge on any atom is -0.387 e. The first kappa shape index (κ1) is 23.1. The number of hydrogen-bond donors (Lipinski definition) is 1. The van der Waals surface area contributed by atoms with E-state index in [4.69, 9.17) is 10.00 Å². The van der Waals surface area contributed by atoms with Crippen LogP contribution in [0, 0.1) is 52.3 Å². The number of aromatic nitrogens is 2. The standard InChI is InChI=1S/C27H39N3O3/c1-26-10-7-21-20-8-11-27(32,17-33-2)13-19(20)3-4-22(21)23(26)5-6-24(26)25(31)9-12-30-16-18(14-28)15-29-30/h15-16,19-24,32H,3-13,17H2,1-2H3/t19-,20+,21-,22-,23+,24-,26+,27-/m1/s1. The molecule has 33 heavy (non-hydrogen) atoms. The Bertz CT molecular complexity index is 922. The molecule has 180 valence electrons. The molecule has 0 bridgehead atoms. The number of fused-ring (bicyclic) bond motifs is 5. The van der Waals surface area contributed by atoms with E-state index in [1.165, 1.54) is 32.1 Å². The molecule has 8 atom stereocenters.